The number of benzene rings is 1. The SMILES string of the molecule is O=C(CSc1cccc[n+]1[O-])Nc1ccc(N2CCCCCC2)cc1. The summed E-state index contributed by atoms with van der Waals surface area (Å²) in [7, 11) is 0. The van der Waals surface area contributed by atoms with Gasteiger partial charge in [0.15, 0.2) is 6.20 Å². The van der Waals surface area contributed by atoms with Crippen LogP contribution in [0.5, 0.6) is 0 Å². The summed E-state index contributed by atoms with van der Waals surface area (Å²) in [5.74, 6) is 0.0940. The summed E-state index contributed by atoms with van der Waals surface area (Å²) < 4.78 is 0.772. The highest BCUT2D eigenvalue weighted by molar-refractivity contribution is 7.99. The predicted octanol–water partition coefficient (Wildman–Crippen LogP) is 3.43. The molecule has 5 nitrogen and oxygen atoms in total. The first kappa shape index (κ1) is 17.6. The number of hydrogen-bond donors (Lipinski definition) is 1. The molecule has 0 spiro atoms. The van der Waals surface area contributed by atoms with Gasteiger partial charge in [-0.3, -0.25) is 4.79 Å². The number of carbonyl (C=O) groups excluding carboxylic acids is 1. The monoisotopic (exact) mass is 357 g/mol. The Balaban J connectivity index is 1.52. The lowest BCUT2D eigenvalue weighted by Gasteiger charge is -2.22. The average Bonchev–Trinajstić information content (AvgIpc) is 2.91. The lowest BCUT2D eigenvalue weighted by Crippen LogP contribution is -2.28. The van der Waals surface area contributed by atoms with Crippen LogP contribution in [0.1, 0.15) is 25.7 Å². The van der Waals surface area contributed by atoms with E-state index in [0.717, 1.165) is 23.5 Å². The van der Waals surface area contributed by atoms with Gasteiger partial charge in [-0.1, -0.05) is 12.8 Å². The van der Waals surface area contributed by atoms with Gasteiger partial charge >= 0.3 is 0 Å². The van der Waals surface area contributed by atoms with Gasteiger partial charge in [-0.15, -0.1) is 0 Å². The molecule has 0 atom stereocenters. The van der Waals surface area contributed by atoms with Crippen LogP contribution in [0.4, 0.5) is 11.4 Å². The molecule has 1 aliphatic rings. The Labute approximate surface area is 152 Å². The quantitative estimate of drug-likeness (QED) is 0.506. The van der Waals surface area contributed by atoms with Crippen LogP contribution >= 0.6 is 11.8 Å². The van der Waals surface area contributed by atoms with Gasteiger partial charge in [-0.25, -0.2) is 0 Å². The molecule has 0 saturated carbocycles. The molecule has 25 heavy (non-hydrogen) atoms. The Morgan fingerprint density at radius 1 is 1.08 bits per heavy atom. The highest BCUT2D eigenvalue weighted by Gasteiger charge is 2.11. The first-order valence-electron chi connectivity index (χ1n) is 8.68. The van der Waals surface area contributed by atoms with Crippen LogP contribution < -0.4 is 14.9 Å². The van der Waals surface area contributed by atoms with Crippen LogP contribution in [0.15, 0.2) is 53.7 Å². The molecule has 2 aromatic rings. The number of thioether (sulfide) groups is 1. The number of anilines is 2. The van der Waals surface area contributed by atoms with Crippen LogP contribution in [0.25, 0.3) is 0 Å². The van der Waals surface area contributed by atoms with Crippen molar-refractivity contribution in [1.82, 2.24) is 0 Å². The number of nitrogens with one attached hydrogen (secondary N) is 1. The summed E-state index contributed by atoms with van der Waals surface area (Å²) in [6.07, 6.45) is 6.55. The van der Waals surface area contributed by atoms with Crippen molar-refractivity contribution in [3.63, 3.8) is 0 Å². The fraction of sp³-hybridized carbons (Fsp3) is 0.368. The minimum Gasteiger partial charge on any atom is -0.618 e. The van der Waals surface area contributed by atoms with E-state index in [4.69, 9.17) is 0 Å². The van der Waals surface area contributed by atoms with Crippen LogP contribution in [-0.4, -0.2) is 24.7 Å². The Bertz CT molecular complexity index is 698. The molecule has 1 amide bonds. The Hall–Kier alpha value is -2.21. The summed E-state index contributed by atoms with van der Waals surface area (Å²) in [6.45, 7) is 2.21. The molecular weight excluding hydrogens is 334 g/mol. The van der Waals surface area contributed by atoms with Crippen molar-refractivity contribution in [2.75, 3.05) is 29.1 Å². The third-order valence-corrected chi connectivity index (χ3v) is 5.28. The number of pyridine rings is 1. The molecule has 0 unspecified atom stereocenters. The summed E-state index contributed by atoms with van der Waals surface area (Å²) in [5.41, 5.74) is 2.00. The standard InChI is InChI=1S/C19H23N3O2S/c23-18(15-25-19-7-3-6-14-22(19)24)20-16-8-10-17(11-9-16)21-12-4-1-2-5-13-21/h3,6-11,14H,1-2,4-5,12-13,15H2,(H,20,23). The van der Waals surface area contributed by atoms with Gasteiger partial charge < -0.3 is 15.4 Å². The fourth-order valence-corrected chi connectivity index (χ4v) is 3.66. The van der Waals surface area contributed by atoms with Gasteiger partial charge in [0, 0.05) is 36.6 Å². The summed E-state index contributed by atoms with van der Waals surface area (Å²) in [6, 6.07) is 13.2. The van der Waals surface area contributed by atoms with Gasteiger partial charge in [0.2, 0.25) is 5.91 Å². The largest absolute Gasteiger partial charge is 0.618 e. The van der Waals surface area contributed by atoms with Gasteiger partial charge in [-0.2, -0.15) is 4.73 Å². The molecule has 1 fully saturated rings. The molecule has 2 heterocycles. The van der Waals surface area contributed by atoms with Gasteiger partial charge in [0.05, 0.1) is 5.75 Å². The van der Waals surface area contributed by atoms with E-state index in [9.17, 15) is 10.0 Å². The highest BCUT2D eigenvalue weighted by atomic mass is 32.2. The molecule has 1 aromatic heterocycles. The summed E-state index contributed by atoms with van der Waals surface area (Å²) in [4.78, 5) is 14.5. The number of amides is 1. The topological polar surface area (TPSA) is 59.3 Å². The minimum atomic E-state index is -0.114. The maximum Gasteiger partial charge on any atom is 0.251 e. The van der Waals surface area contributed by atoms with E-state index in [0.29, 0.717) is 5.03 Å². The zero-order valence-corrected chi connectivity index (χ0v) is 15.0. The Morgan fingerprint density at radius 2 is 1.80 bits per heavy atom. The third-order valence-electron chi connectivity index (χ3n) is 4.26. The smallest absolute Gasteiger partial charge is 0.251 e. The predicted molar refractivity (Wildman–Crippen MR) is 102 cm³/mol. The summed E-state index contributed by atoms with van der Waals surface area (Å²) >= 11 is 1.23. The van der Waals surface area contributed by atoms with Crippen molar-refractivity contribution in [3.8, 4) is 0 Å². The zero-order chi connectivity index (χ0) is 17.5. The number of rotatable bonds is 5. The van der Waals surface area contributed by atoms with Crippen molar-refractivity contribution in [2.24, 2.45) is 0 Å². The third kappa shape index (κ3) is 5.13. The molecule has 0 radical (unpaired) electrons. The van der Waals surface area contributed by atoms with Crippen molar-refractivity contribution >= 4 is 29.0 Å². The lowest BCUT2D eigenvalue weighted by atomic mass is 10.2. The summed E-state index contributed by atoms with van der Waals surface area (Å²) in [5, 5.41) is 15.0. The molecular formula is C19H23N3O2S. The van der Waals surface area contributed by atoms with Crippen LogP contribution in [0, 0.1) is 5.21 Å². The Morgan fingerprint density at radius 3 is 2.48 bits per heavy atom. The molecule has 1 aromatic carbocycles. The lowest BCUT2D eigenvalue weighted by molar-refractivity contribution is -0.645. The zero-order valence-electron chi connectivity index (χ0n) is 14.2. The minimum absolute atomic E-state index is 0.114. The molecule has 1 N–H and O–H groups in total. The second kappa shape index (κ2) is 8.76. The van der Waals surface area contributed by atoms with Gasteiger partial charge in [-0.05, 0) is 54.9 Å². The molecule has 0 bridgehead atoms. The van der Waals surface area contributed by atoms with E-state index in [2.05, 4.69) is 22.3 Å². The van der Waals surface area contributed by atoms with E-state index in [-0.39, 0.29) is 11.7 Å². The normalized spacial score (nSPS) is 14.8. The van der Waals surface area contributed by atoms with E-state index < -0.39 is 0 Å². The molecule has 3 rings (SSSR count). The van der Waals surface area contributed by atoms with Crippen LogP contribution in [0.3, 0.4) is 0 Å². The van der Waals surface area contributed by atoms with E-state index in [1.165, 1.54) is 49.3 Å². The first-order chi connectivity index (χ1) is 12.2. The molecule has 132 valence electrons. The van der Waals surface area contributed by atoms with Crippen LogP contribution in [0.2, 0.25) is 0 Å². The van der Waals surface area contributed by atoms with Crippen LogP contribution in [-0.2, 0) is 4.79 Å². The number of carbonyl (C=O) groups is 1. The maximum atomic E-state index is 12.1. The molecule has 0 aliphatic carbocycles. The Kier molecular flexibility index (Phi) is 6.17. The molecule has 1 saturated heterocycles. The number of nitrogens with zero attached hydrogens (tertiary/aromatic N) is 2. The van der Waals surface area contributed by atoms with E-state index >= 15 is 0 Å². The van der Waals surface area contributed by atoms with Crippen molar-refractivity contribution in [1.29, 1.82) is 0 Å². The molecule has 6 heteroatoms. The van der Waals surface area contributed by atoms with Crippen molar-refractivity contribution < 1.29 is 9.52 Å². The highest BCUT2D eigenvalue weighted by Crippen LogP contribution is 2.22. The van der Waals surface area contributed by atoms with Crippen molar-refractivity contribution in [3.05, 3.63) is 53.9 Å². The second-order valence-corrected chi connectivity index (χ2v) is 7.15. The maximum absolute atomic E-state index is 12.1. The van der Waals surface area contributed by atoms with Gasteiger partial charge in [0.25, 0.3) is 5.03 Å². The number of aromatic nitrogens is 1. The van der Waals surface area contributed by atoms with Gasteiger partial charge in [0.1, 0.15) is 0 Å². The number of hydrogen-bond acceptors (Lipinski definition) is 4. The average molecular weight is 357 g/mol. The van der Waals surface area contributed by atoms with E-state index in [1.807, 2.05) is 12.1 Å². The van der Waals surface area contributed by atoms with Crippen molar-refractivity contribution in [2.45, 2.75) is 30.7 Å². The molecule has 1 aliphatic heterocycles. The second-order valence-electron chi connectivity index (χ2n) is 6.15. The first-order valence-corrected chi connectivity index (χ1v) is 9.67. The fourth-order valence-electron chi connectivity index (χ4n) is 2.95. The van der Waals surface area contributed by atoms with E-state index in [1.54, 1.807) is 18.2 Å².